The highest BCUT2D eigenvalue weighted by molar-refractivity contribution is 5.89. The molecule has 0 aliphatic carbocycles. The molecule has 142 valence electrons. The number of carboxylic acid groups (broad SMARTS) is 1. The van der Waals surface area contributed by atoms with Crippen molar-refractivity contribution in [2.45, 2.75) is 18.9 Å². The summed E-state index contributed by atoms with van der Waals surface area (Å²) in [7, 11) is 0. The number of halogens is 1. The summed E-state index contributed by atoms with van der Waals surface area (Å²) in [6.07, 6.45) is 1.89. The van der Waals surface area contributed by atoms with Gasteiger partial charge in [0.05, 0.1) is 23.1 Å². The van der Waals surface area contributed by atoms with E-state index in [1.54, 1.807) is 18.5 Å². The van der Waals surface area contributed by atoms with Crippen LogP contribution in [0.4, 0.5) is 15.0 Å². The zero-order chi connectivity index (χ0) is 19.7. The number of benzene rings is 1. The Labute approximate surface area is 159 Å². The van der Waals surface area contributed by atoms with Crippen molar-refractivity contribution >= 4 is 22.9 Å². The minimum Gasteiger partial charge on any atom is -0.465 e. The molecule has 1 aromatic carbocycles. The van der Waals surface area contributed by atoms with Crippen molar-refractivity contribution in [3.05, 3.63) is 42.0 Å². The summed E-state index contributed by atoms with van der Waals surface area (Å²) in [4.78, 5) is 25.0. The Morgan fingerprint density at radius 1 is 1.36 bits per heavy atom. The molecule has 2 aromatic heterocycles. The van der Waals surface area contributed by atoms with E-state index in [4.69, 9.17) is 15.4 Å². The van der Waals surface area contributed by atoms with E-state index in [-0.39, 0.29) is 11.6 Å². The molecule has 0 bridgehead atoms. The molecule has 1 aliphatic heterocycles. The lowest BCUT2D eigenvalue weighted by atomic mass is 10.0. The average Bonchev–Trinajstić information content (AvgIpc) is 3.16. The van der Waals surface area contributed by atoms with Gasteiger partial charge >= 0.3 is 6.09 Å². The Morgan fingerprint density at radius 2 is 2.14 bits per heavy atom. The van der Waals surface area contributed by atoms with E-state index in [0.29, 0.717) is 48.5 Å². The molecule has 3 heterocycles. The van der Waals surface area contributed by atoms with Gasteiger partial charge in [-0.2, -0.15) is 5.26 Å². The Balaban J connectivity index is 1.68. The second-order valence-corrected chi connectivity index (χ2v) is 6.65. The van der Waals surface area contributed by atoms with Gasteiger partial charge in [0.15, 0.2) is 5.82 Å². The summed E-state index contributed by atoms with van der Waals surface area (Å²) >= 11 is 0. The maximum absolute atomic E-state index is 14.1. The number of nitrogens with one attached hydrogen (secondary N) is 2. The van der Waals surface area contributed by atoms with Crippen molar-refractivity contribution in [1.82, 2.24) is 20.3 Å². The number of piperidine rings is 1. The quantitative estimate of drug-likeness (QED) is 0.643. The highest BCUT2D eigenvalue weighted by Gasteiger charge is 2.24. The van der Waals surface area contributed by atoms with Gasteiger partial charge in [0.2, 0.25) is 0 Å². The number of pyridine rings is 1. The van der Waals surface area contributed by atoms with Gasteiger partial charge in [0.25, 0.3) is 0 Å². The molecule has 4 rings (SSSR count). The lowest BCUT2D eigenvalue weighted by Gasteiger charge is -2.32. The molecule has 9 heteroatoms. The Kier molecular flexibility index (Phi) is 4.53. The molecule has 1 amide bonds. The van der Waals surface area contributed by atoms with E-state index in [0.717, 1.165) is 5.52 Å². The smallest absolute Gasteiger partial charge is 0.404 e. The fourth-order valence-electron chi connectivity index (χ4n) is 3.47. The van der Waals surface area contributed by atoms with Gasteiger partial charge in [-0.1, -0.05) is 6.07 Å². The summed E-state index contributed by atoms with van der Waals surface area (Å²) in [5.74, 6) is 0.0842. The number of hydrogen-bond acceptors (Lipinski definition) is 5. The van der Waals surface area contributed by atoms with Crippen LogP contribution in [0.25, 0.3) is 22.3 Å². The number of hydrogen-bond donors (Lipinski definition) is 3. The molecule has 1 saturated heterocycles. The zero-order valence-electron chi connectivity index (χ0n) is 14.8. The van der Waals surface area contributed by atoms with Gasteiger partial charge < -0.3 is 20.3 Å². The highest BCUT2D eigenvalue weighted by Crippen LogP contribution is 2.30. The monoisotopic (exact) mass is 380 g/mol. The van der Waals surface area contributed by atoms with Crippen molar-refractivity contribution in [2.24, 2.45) is 0 Å². The van der Waals surface area contributed by atoms with Gasteiger partial charge in [-0.3, -0.25) is 0 Å². The van der Waals surface area contributed by atoms with Crippen LogP contribution in [0.1, 0.15) is 18.4 Å². The number of nitriles is 1. The van der Waals surface area contributed by atoms with E-state index in [1.807, 2.05) is 6.07 Å². The summed E-state index contributed by atoms with van der Waals surface area (Å²) in [6, 6.07) is 7.93. The summed E-state index contributed by atoms with van der Waals surface area (Å²) in [6.45, 7) is 1.26. The third-order valence-corrected chi connectivity index (χ3v) is 4.90. The van der Waals surface area contributed by atoms with Crippen LogP contribution >= 0.6 is 0 Å². The fraction of sp³-hybridized carbons (Fsp3) is 0.263. The Bertz CT molecular complexity index is 1080. The Morgan fingerprint density at radius 3 is 2.82 bits per heavy atom. The summed E-state index contributed by atoms with van der Waals surface area (Å²) in [5.41, 5.74) is 2.61. The second kappa shape index (κ2) is 7.15. The maximum Gasteiger partial charge on any atom is 0.404 e. The molecule has 0 radical (unpaired) electrons. The largest absolute Gasteiger partial charge is 0.465 e. The fourth-order valence-corrected chi connectivity index (χ4v) is 3.47. The van der Waals surface area contributed by atoms with Crippen molar-refractivity contribution in [2.75, 3.05) is 18.0 Å². The first-order valence-corrected chi connectivity index (χ1v) is 8.83. The van der Waals surface area contributed by atoms with Crippen molar-refractivity contribution in [3.63, 3.8) is 0 Å². The molecule has 3 N–H and O–H groups in total. The first-order valence-electron chi connectivity index (χ1n) is 8.83. The van der Waals surface area contributed by atoms with Crippen LogP contribution in [0.3, 0.4) is 0 Å². The van der Waals surface area contributed by atoms with Crippen molar-refractivity contribution in [3.8, 4) is 17.3 Å². The number of imidazole rings is 1. The number of amides is 1. The molecule has 28 heavy (non-hydrogen) atoms. The van der Waals surface area contributed by atoms with E-state index >= 15 is 0 Å². The first-order chi connectivity index (χ1) is 13.5. The molecule has 1 fully saturated rings. The van der Waals surface area contributed by atoms with Crippen LogP contribution in [-0.2, 0) is 0 Å². The van der Waals surface area contributed by atoms with Gasteiger partial charge in [-0.15, -0.1) is 0 Å². The maximum atomic E-state index is 14.1. The standard InChI is InChI=1S/C19H17FN6O2/c20-14-7-11(1-2-12(14)9-21)15-8-16-17(23-10-22-16)18(25-15)26-5-3-13(4-6-26)24-19(27)28/h1-2,7-8,10,13,24H,3-6H2,(H,22,23)(H,27,28). The van der Waals surface area contributed by atoms with Crippen molar-refractivity contribution in [1.29, 1.82) is 5.26 Å². The number of aromatic nitrogens is 3. The third-order valence-electron chi connectivity index (χ3n) is 4.90. The third kappa shape index (κ3) is 3.32. The van der Waals surface area contributed by atoms with E-state index in [2.05, 4.69) is 20.2 Å². The molecular formula is C19H17FN6O2. The molecule has 0 saturated carbocycles. The Hall–Kier alpha value is -3.67. The molecule has 8 nitrogen and oxygen atoms in total. The SMILES string of the molecule is N#Cc1ccc(-c2cc3[nH]cnc3c(N3CCC(NC(=O)O)CC3)n2)cc1F. The summed E-state index contributed by atoms with van der Waals surface area (Å²) < 4.78 is 14.1. The van der Waals surface area contributed by atoms with Crippen LogP contribution in [0.2, 0.25) is 0 Å². The number of rotatable bonds is 3. The van der Waals surface area contributed by atoms with Gasteiger partial charge in [0, 0.05) is 24.7 Å². The van der Waals surface area contributed by atoms with Gasteiger partial charge in [-0.05, 0) is 31.0 Å². The molecule has 0 atom stereocenters. The molecule has 1 aliphatic rings. The van der Waals surface area contributed by atoms with E-state index < -0.39 is 11.9 Å². The number of anilines is 1. The topological polar surface area (TPSA) is 118 Å². The van der Waals surface area contributed by atoms with Crippen LogP contribution in [0, 0.1) is 17.1 Å². The molecule has 0 spiro atoms. The van der Waals surface area contributed by atoms with Gasteiger partial charge in [-0.25, -0.2) is 19.2 Å². The molecule has 3 aromatic rings. The lowest BCUT2D eigenvalue weighted by Crippen LogP contribution is -2.44. The number of carbonyl (C=O) groups is 1. The number of aromatic amines is 1. The number of fused-ring (bicyclic) bond motifs is 1. The van der Waals surface area contributed by atoms with Crippen molar-refractivity contribution < 1.29 is 14.3 Å². The van der Waals surface area contributed by atoms with Crippen LogP contribution < -0.4 is 10.2 Å². The molecule has 0 unspecified atom stereocenters. The van der Waals surface area contributed by atoms with E-state index in [9.17, 15) is 9.18 Å². The lowest BCUT2D eigenvalue weighted by molar-refractivity contribution is 0.187. The zero-order valence-corrected chi connectivity index (χ0v) is 14.8. The van der Waals surface area contributed by atoms with Gasteiger partial charge in [0.1, 0.15) is 17.4 Å². The normalized spacial score (nSPS) is 14.8. The second-order valence-electron chi connectivity index (χ2n) is 6.65. The first kappa shape index (κ1) is 17.7. The molecular weight excluding hydrogens is 363 g/mol. The minimum atomic E-state index is -1.02. The summed E-state index contributed by atoms with van der Waals surface area (Å²) in [5, 5.41) is 20.3. The number of H-pyrrole nitrogens is 1. The van der Waals surface area contributed by atoms with E-state index in [1.165, 1.54) is 12.1 Å². The van der Waals surface area contributed by atoms with Crippen LogP contribution in [0.15, 0.2) is 30.6 Å². The average molecular weight is 380 g/mol. The highest BCUT2D eigenvalue weighted by atomic mass is 19.1. The van der Waals surface area contributed by atoms with Crippen LogP contribution in [0.5, 0.6) is 0 Å². The van der Waals surface area contributed by atoms with Crippen LogP contribution in [-0.4, -0.2) is 45.3 Å². The predicted octanol–water partition coefficient (Wildman–Crippen LogP) is 2.87. The minimum absolute atomic E-state index is 0.0143. The predicted molar refractivity (Wildman–Crippen MR) is 100 cm³/mol. The number of nitrogens with zero attached hydrogens (tertiary/aromatic N) is 4.